The van der Waals surface area contributed by atoms with Gasteiger partial charge < -0.3 is 10.6 Å². The first-order chi connectivity index (χ1) is 13.2. The van der Waals surface area contributed by atoms with Crippen LogP contribution < -0.4 is 10.6 Å². The lowest BCUT2D eigenvalue weighted by Crippen LogP contribution is -2.23. The van der Waals surface area contributed by atoms with Crippen molar-refractivity contribution in [3.05, 3.63) is 53.6 Å². The van der Waals surface area contributed by atoms with E-state index in [1.807, 2.05) is 0 Å². The van der Waals surface area contributed by atoms with Crippen molar-refractivity contribution in [3.63, 3.8) is 0 Å². The van der Waals surface area contributed by atoms with Crippen molar-refractivity contribution in [1.29, 1.82) is 0 Å². The third-order valence-corrected chi connectivity index (χ3v) is 4.76. The number of carbonyl (C=O) groups is 1. The van der Waals surface area contributed by atoms with Crippen LogP contribution >= 0.6 is 0 Å². The fourth-order valence-corrected chi connectivity index (χ4v) is 3.17. The third-order valence-electron chi connectivity index (χ3n) is 3.60. The van der Waals surface area contributed by atoms with Gasteiger partial charge in [0.15, 0.2) is 9.84 Å². The molecule has 0 saturated carbocycles. The summed E-state index contributed by atoms with van der Waals surface area (Å²) < 4.78 is 100. The van der Waals surface area contributed by atoms with Crippen molar-refractivity contribution in [2.75, 3.05) is 23.4 Å². The van der Waals surface area contributed by atoms with E-state index in [0.717, 1.165) is 6.26 Å². The molecule has 2 N–H and O–H groups in total. The Morgan fingerprint density at radius 2 is 1.45 bits per heavy atom. The Kier molecular flexibility index (Phi) is 6.16. The van der Waals surface area contributed by atoms with Crippen molar-refractivity contribution in [2.45, 2.75) is 17.2 Å². The maximum absolute atomic E-state index is 12.8. The minimum atomic E-state index is -5.02. The van der Waals surface area contributed by atoms with Crippen molar-refractivity contribution >= 4 is 27.1 Å². The van der Waals surface area contributed by atoms with Crippen LogP contribution in [0, 0.1) is 0 Å². The lowest BCUT2D eigenvalue weighted by Gasteiger charge is -2.15. The molecule has 0 unspecified atom stereocenters. The molecule has 0 heterocycles. The molecule has 2 rings (SSSR count). The molecule has 0 aromatic heterocycles. The zero-order valence-electron chi connectivity index (χ0n) is 14.6. The van der Waals surface area contributed by atoms with Gasteiger partial charge in [0.2, 0.25) is 5.91 Å². The van der Waals surface area contributed by atoms with Gasteiger partial charge in [-0.1, -0.05) is 12.1 Å². The molecular weight excluding hydrogens is 426 g/mol. The molecule has 0 bridgehead atoms. The molecule has 29 heavy (non-hydrogen) atoms. The SMILES string of the molecule is CS(=O)(=O)c1ccccc1NC(=O)CNc1cc(C(F)(F)F)cc(C(F)(F)F)c1. The van der Waals surface area contributed by atoms with Gasteiger partial charge in [-0.05, 0) is 30.3 Å². The van der Waals surface area contributed by atoms with Crippen LogP contribution in [0.2, 0.25) is 0 Å². The highest BCUT2D eigenvalue weighted by molar-refractivity contribution is 7.90. The number of hydrogen-bond donors (Lipinski definition) is 2. The van der Waals surface area contributed by atoms with E-state index in [1.54, 1.807) is 0 Å². The quantitative estimate of drug-likeness (QED) is 0.685. The van der Waals surface area contributed by atoms with Crippen LogP contribution in [-0.2, 0) is 27.0 Å². The van der Waals surface area contributed by atoms with Crippen LogP contribution in [0.15, 0.2) is 47.4 Å². The van der Waals surface area contributed by atoms with Crippen molar-refractivity contribution in [2.24, 2.45) is 0 Å². The van der Waals surface area contributed by atoms with Gasteiger partial charge in [-0.3, -0.25) is 4.79 Å². The first-order valence-corrected chi connectivity index (χ1v) is 9.69. The largest absolute Gasteiger partial charge is 0.416 e. The molecule has 1 amide bonds. The molecule has 5 nitrogen and oxygen atoms in total. The van der Waals surface area contributed by atoms with E-state index < -0.39 is 51.5 Å². The summed E-state index contributed by atoms with van der Waals surface area (Å²) in [5, 5.41) is 4.44. The van der Waals surface area contributed by atoms with Crippen molar-refractivity contribution < 1.29 is 39.6 Å². The van der Waals surface area contributed by atoms with Gasteiger partial charge in [-0.25, -0.2) is 8.42 Å². The van der Waals surface area contributed by atoms with Crippen molar-refractivity contribution in [1.82, 2.24) is 0 Å². The van der Waals surface area contributed by atoms with Crippen LogP contribution in [0.4, 0.5) is 37.7 Å². The minimum Gasteiger partial charge on any atom is -0.376 e. The predicted molar refractivity (Wildman–Crippen MR) is 93.1 cm³/mol. The monoisotopic (exact) mass is 440 g/mol. The highest BCUT2D eigenvalue weighted by Gasteiger charge is 2.37. The molecule has 0 spiro atoms. The van der Waals surface area contributed by atoms with Crippen LogP contribution in [0.5, 0.6) is 0 Å². The normalized spacial score (nSPS) is 12.5. The number of alkyl halides is 6. The molecule has 0 atom stereocenters. The van der Waals surface area contributed by atoms with E-state index in [9.17, 15) is 39.6 Å². The summed E-state index contributed by atoms with van der Waals surface area (Å²) in [5.74, 6) is -0.868. The predicted octanol–water partition coefficient (Wildman–Crippen LogP) is 4.18. The van der Waals surface area contributed by atoms with Crippen LogP contribution in [-0.4, -0.2) is 27.1 Å². The number of hydrogen-bond acceptors (Lipinski definition) is 4. The molecule has 2 aromatic rings. The van der Waals surface area contributed by atoms with Gasteiger partial charge in [0.25, 0.3) is 0 Å². The van der Waals surface area contributed by atoms with E-state index in [1.165, 1.54) is 24.3 Å². The Morgan fingerprint density at radius 1 is 0.931 bits per heavy atom. The summed E-state index contributed by atoms with van der Waals surface area (Å²) in [7, 11) is -3.68. The third kappa shape index (κ3) is 6.11. The maximum atomic E-state index is 12.8. The maximum Gasteiger partial charge on any atom is 0.416 e. The van der Waals surface area contributed by atoms with Crippen LogP contribution in [0.3, 0.4) is 0 Å². The van der Waals surface area contributed by atoms with Crippen LogP contribution in [0.1, 0.15) is 11.1 Å². The Morgan fingerprint density at radius 3 is 1.93 bits per heavy atom. The Balaban J connectivity index is 2.21. The van der Waals surface area contributed by atoms with E-state index >= 15 is 0 Å². The Hall–Kier alpha value is -2.76. The zero-order valence-corrected chi connectivity index (χ0v) is 15.5. The summed E-state index contributed by atoms with van der Waals surface area (Å²) in [6.45, 7) is -0.698. The number of anilines is 2. The molecule has 0 fully saturated rings. The molecule has 12 heteroatoms. The van der Waals surface area contributed by atoms with Crippen LogP contribution in [0.25, 0.3) is 0 Å². The Bertz CT molecular complexity index is 984. The van der Waals surface area contributed by atoms with E-state index in [2.05, 4.69) is 10.6 Å². The fourth-order valence-electron chi connectivity index (χ4n) is 2.33. The van der Waals surface area contributed by atoms with Gasteiger partial charge in [0, 0.05) is 11.9 Å². The fraction of sp³-hybridized carbons (Fsp3) is 0.235. The summed E-state index contributed by atoms with van der Waals surface area (Å²) in [6, 6.07) is 6.24. The van der Waals surface area contributed by atoms with Gasteiger partial charge in [-0.2, -0.15) is 26.3 Å². The highest BCUT2D eigenvalue weighted by atomic mass is 32.2. The van der Waals surface area contributed by atoms with Gasteiger partial charge >= 0.3 is 12.4 Å². The summed E-state index contributed by atoms with van der Waals surface area (Å²) in [4.78, 5) is 11.8. The second kappa shape index (κ2) is 7.93. The number of nitrogens with one attached hydrogen (secondary N) is 2. The topological polar surface area (TPSA) is 75.3 Å². The standard InChI is InChI=1S/C17H14F6N2O3S/c1-29(27,28)14-5-3-2-4-13(14)25-15(26)9-24-12-7-10(16(18,19)20)6-11(8-12)17(21,22)23/h2-8,24H,9H2,1H3,(H,25,26). The minimum absolute atomic E-state index is 0.0341. The molecule has 0 aliphatic carbocycles. The molecule has 0 saturated heterocycles. The van der Waals surface area contributed by atoms with Gasteiger partial charge in [-0.15, -0.1) is 0 Å². The number of para-hydroxylation sites is 1. The first kappa shape index (κ1) is 22.5. The number of sulfone groups is 1. The second-order valence-corrected chi connectivity index (χ2v) is 7.95. The van der Waals surface area contributed by atoms with Gasteiger partial charge in [0.1, 0.15) is 0 Å². The van der Waals surface area contributed by atoms with Gasteiger partial charge in [0.05, 0.1) is 28.3 Å². The van der Waals surface area contributed by atoms with Crippen molar-refractivity contribution in [3.8, 4) is 0 Å². The zero-order chi connectivity index (χ0) is 22.0. The smallest absolute Gasteiger partial charge is 0.376 e. The van der Waals surface area contributed by atoms with E-state index in [0.29, 0.717) is 12.1 Å². The van der Waals surface area contributed by atoms with E-state index in [-0.39, 0.29) is 16.6 Å². The van der Waals surface area contributed by atoms with E-state index in [4.69, 9.17) is 0 Å². The number of halogens is 6. The molecular formula is C17H14F6N2O3S. The molecule has 0 aliphatic rings. The average Bonchev–Trinajstić information content (AvgIpc) is 2.58. The number of amides is 1. The number of benzene rings is 2. The Labute approximate surface area is 161 Å². The number of carbonyl (C=O) groups excluding carboxylic acids is 1. The molecule has 158 valence electrons. The molecule has 0 radical (unpaired) electrons. The number of rotatable bonds is 5. The molecule has 0 aliphatic heterocycles. The average molecular weight is 440 g/mol. The second-order valence-electron chi connectivity index (χ2n) is 5.96. The summed E-state index contributed by atoms with van der Waals surface area (Å²) in [6.07, 6.45) is -9.12. The summed E-state index contributed by atoms with van der Waals surface area (Å²) in [5.41, 5.74) is -3.70. The molecule has 2 aromatic carbocycles. The first-order valence-electron chi connectivity index (χ1n) is 7.80. The highest BCUT2D eigenvalue weighted by Crippen LogP contribution is 2.37. The lowest BCUT2D eigenvalue weighted by atomic mass is 10.1. The summed E-state index contributed by atoms with van der Waals surface area (Å²) >= 11 is 0. The lowest BCUT2D eigenvalue weighted by molar-refractivity contribution is -0.143.